The predicted octanol–water partition coefficient (Wildman–Crippen LogP) is 5.79. The Hall–Kier alpha value is -0.200. The molecule has 0 saturated heterocycles. The standard InChI is InChI=1S/C15H29NS/c1-4-6-8-10-12-15(3,16-14-17)13-11-9-7-5-2/h4-13H2,1-3H3. The number of isothiocyanates is 1. The predicted molar refractivity (Wildman–Crippen MR) is 80.9 cm³/mol. The summed E-state index contributed by atoms with van der Waals surface area (Å²) in [5.41, 5.74) is 0.0588. The quantitative estimate of drug-likeness (QED) is 0.259. The molecule has 0 bridgehead atoms. The van der Waals surface area contributed by atoms with E-state index in [-0.39, 0.29) is 5.54 Å². The van der Waals surface area contributed by atoms with Crippen LogP contribution in [0.2, 0.25) is 0 Å². The van der Waals surface area contributed by atoms with Crippen molar-refractivity contribution in [1.29, 1.82) is 0 Å². The van der Waals surface area contributed by atoms with Gasteiger partial charge in [0.15, 0.2) is 0 Å². The van der Waals surface area contributed by atoms with Crippen molar-refractivity contribution in [2.24, 2.45) is 4.99 Å². The van der Waals surface area contributed by atoms with Crippen LogP contribution in [0.25, 0.3) is 0 Å². The molecule has 0 aliphatic heterocycles. The summed E-state index contributed by atoms with van der Waals surface area (Å²) in [5.74, 6) is 0. The van der Waals surface area contributed by atoms with Crippen molar-refractivity contribution in [3.05, 3.63) is 0 Å². The summed E-state index contributed by atoms with van der Waals surface area (Å²) in [6.07, 6.45) is 12.8. The van der Waals surface area contributed by atoms with E-state index in [0.29, 0.717) is 0 Å². The average Bonchev–Trinajstić information content (AvgIpc) is 2.31. The van der Waals surface area contributed by atoms with Crippen LogP contribution in [0.1, 0.15) is 85.0 Å². The number of aliphatic imine (C=N–C) groups is 1. The second-order valence-electron chi connectivity index (χ2n) is 5.32. The molecule has 0 rings (SSSR count). The highest BCUT2D eigenvalue weighted by Crippen LogP contribution is 2.26. The van der Waals surface area contributed by atoms with Crippen LogP contribution in [0.15, 0.2) is 4.99 Å². The lowest BCUT2D eigenvalue weighted by Crippen LogP contribution is -2.21. The largest absolute Gasteiger partial charge is 0.226 e. The topological polar surface area (TPSA) is 12.4 Å². The van der Waals surface area contributed by atoms with Crippen LogP contribution in [0.4, 0.5) is 0 Å². The van der Waals surface area contributed by atoms with Gasteiger partial charge in [-0.05, 0) is 32.0 Å². The smallest absolute Gasteiger partial charge is 0.0683 e. The lowest BCUT2D eigenvalue weighted by Gasteiger charge is -2.23. The minimum atomic E-state index is 0.0588. The van der Waals surface area contributed by atoms with Gasteiger partial charge in [0.25, 0.3) is 0 Å². The van der Waals surface area contributed by atoms with E-state index in [1.807, 2.05) is 0 Å². The molecule has 0 radical (unpaired) electrons. The number of rotatable bonds is 11. The van der Waals surface area contributed by atoms with Gasteiger partial charge in [-0.25, -0.2) is 4.99 Å². The second kappa shape index (κ2) is 10.9. The van der Waals surface area contributed by atoms with Gasteiger partial charge >= 0.3 is 0 Å². The summed E-state index contributed by atoms with van der Waals surface area (Å²) in [4.78, 5) is 4.42. The van der Waals surface area contributed by atoms with E-state index >= 15 is 0 Å². The number of thiocarbonyl (C=S) groups is 1. The molecule has 100 valence electrons. The fourth-order valence-electron chi connectivity index (χ4n) is 2.21. The summed E-state index contributed by atoms with van der Waals surface area (Å²) >= 11 is 4.79. The molecule has 0 aromatic heterocycles. The number of hydrogen-bond donors (Lipinski definition) is 0. The maximum atomic E-state index is 4.79. The van der Waals surface area contributed by atoms with Crippen LogP contribution in [0.3, 0.4) is 0 Å². The molecule has 0 aromatic carbocycles. The van der Waals surface area contributed by atoms with E-state index in [2.05, 4.69) is 30.9 Å². The number of nitrogens with zero attached hydrogens (tertiary/aromatic N) is 1. The van der Waals surface area contributed by atoms with Crippen molar-refractivity contribution < 1.29 is 0 Å². The van der Waals surface area contributed by atoms with E-state index in [0.717, 1.165) is 0 Å². The SMILES string of the molecule is CCCCCCC(C)(CCCCCC)N=C=S. The van der Waals surface area contributed by atoms with E-state index in [1.54, 1.807) is 0 Å². The van der Waals surface area contributed by atoms with Gasteiger partial charge in [-0.2, -0.15) is 0 Å². The van der Waals surface area contributed by atoms with Crippen LogP contribution < -0.4 is 0 Å². The Morgan fingerprint density at radius 2 is 1.35 bits per heavy atom. The Labute approximate surface area is 113 Å². The molecule has 0 aromatic rings. The van der Waals surface area contributed by atoms with Crippen molar-refractivity contribution in [2.45, 2.75) is 90.5 Å². The maximum Gasteiger partial charge on any atom is 0.0683 e. The molecular formula is C15H29NS. The maximum absolute atomic E-state index is 4.79. The molecule has 0 unspecified atom stereocenters. The zero-order valence-electron chi connectivity index (χ0n) is 11.9. The third-order valence-corrected chi connectivity index (χ3v) is 3.54. The third kappa shape index (κ3) is 9.50. The molecule has 2 heteroatoms. The van der Waals surface area contributed by atoms with Crippen molar-refractivity contribution in [3.63, 3.8) is 0 Å². The lowest BCUT2D eigenvalue weighted by atomic mass is 9.89. The fourth-order valence-corrected chi connectivity index (χ4v) is 2.43. The van der Waals surface area contributed by atoms with E-state index < -0.39 is 0 Å². The normalized spacial score (nSPS) is 11.2. The fraction of sp³-hybridized carbons (Fsp3) is 0.933. The molecule has 0 heterocycles. The first kappa shape index (κ1) is 16.8. The Bertz CT molecular complexity index is 207. The highest BCUT2D eigenvalue weighted by molar-refractivity contribution is 7.78. The minimum Gasteiger partial charge on any atom is -0.226 e. The average molecular weight is 255 g/mol. The summed E-state index contributed by atoms with van der Waals surface area (Å²) < 4.78 is 0. The zero-order chi connectivity index (χ0) is 13.0. The van der Waals surface area contributed by atoms with Crippen molar-refractivity contribution >= 4 is 17.4 Å². The van der Waals surface area contributed by atoms with Crippen LogP contribution >= 0.6 is 12.2 Å². The number of hydrogen-bond acceptors (Lipinski definition) is 2. The Kier molecular flexibility index (Phi) is 10.8. The van der Waals surface area contributed by atoms with E-state index in [4.69, 9.17) is 12.2 Å². The highest BCUT2D eigenvalue weighted by Gasteiger charge is 2.21. The van der Waals surface area contributed by atoms with Gasteiger partial charge in [-0.15, -0.1) is 0 Å². The molecule has 0 N–H and O–H groups in total. The Morgan fingerprint density at radius 1 is 0.882 bits per heavy atom. The van der Waals surface area contributed by atoms with Crippen LogP contribution in [0.5, 0.6) is 0 Å². The van der Waals surface area contributed by atoms with Crippen LogP contribution in [0, 0.1) is 0 Å². The summed E-state index contributed by atoms with van der Waals surface area (Å²) in [7, 11) is 0. The summed E-state index contributed by atoms with van der Waals surface area (Å²) in [6.45, 7) is 6.74. The van der Waals surface area contributed by atoms with Gasteiger partial charge in [0.05, 0.1) is 10.7 Å². The molecule has 0 atom stereocenters. The van der Waals surface area contributed by atoms with Gasteiger partial charge in [0.1, 0.15) is 0 Å². The molecule has 0 spiro atoms. The molecule has 0 aliphatic carbocycles. The van der Waals surface area contributed by atoms with Crippen LogP contribution in [-0.2, 0) is 0 Å². The van der Waals surface area contributed by atoms with Crippen LogP contribution in [-0.4, -0.2) is 10.7 Å². The Morgan fingerprint density at radius 3 is 1.71 bits per heavy atom. The van der Waals surface area contributed by atoms with Gasteiger partial charge in [0.2, 0.25) is 0 Å². The van der Waals surface area contributed by atoms with Gasteiger partial charge in [0, 0.05) is 0 Å². The van der Waals surface area contributed by atoms with Crippen molar-refractivity contribution in [2.75, 3.05) is 0 Å². The van der Waals surface area contributed by atoms with Crippen molar-refractivity contribution in [3.8, 4) is 0 Å². The monoisotopic (exact) mass is 255 g/mol. The molecule has 0 fully saturated rings. The first-order chi connectivity index (χ1) is 8.18. The van der Waals surface area contributed by atoms with E-state index in [1.165, 1.54) is 64.2 Å². The molecule has 17 heavy (non-hydrogen) atoms. The summed E-state index contributed by atoms with van der Waals surface area (Å²) in [5, 5.41) is 2.60. The van der Waals surface area contributed by atoms with Gasteiger partial charge in [-0.3, -0.25) is 0 Å². The zero-order valence-corrected chi connectivity index (χ0v) is 12.7. The first-order valence-electron chi connectivity index (χ1n) is 7.27. The molecular weight excluding hydrogens is 226 g/mol. The highest BCUT2D eigenvalue weighted by atomic mass is 32.1. The van der Waals surface area contributed by atoms with Crippen molar-refractivity contribution in [1.82, 2.24) is 0 Å². The number of unbranched alkanes of at least 4 members (excludes halogenated alkanes) is 6. The van der Waals surface area contributed by atoms with E-state index in [9.17, 15) is 0 Å². The van der Waals surface area contributed by atoms with Gasteiger partial charge in [-0.1, -0.05) is 65.2 Å². The summed E-state index contributed by atoms with van der Waals surface area (Å²) in [6, 6.07) is 0. The Balaban J connectivity index is 3.93. The lowest BCUT2D eigenvalue weighted by molar-refractivity contribution is 0.370. The minimum absolute atomic E-state index is 0.0588. The molecule has 0 saturated carbocycles. The molecule has 1 nitrogen and oxygen atoms in total. The van der Waals surface area contributed by atoms with Gasteiger partial charge < -0.3 is 0 Å². The second-order valence-corrected chi connectivity index (χ2v) is 5.50. The third-order valence-electron chi connectivity index (χ3n) is 3.45. The molecule has 0 aliphatic rings. The molecule has 0 amide bonds. The first-order valence-corrected chi connectivity index (χ1v) is 7.68.